The summed E-state index contributed by atoms with van der Waals surface area (Å²) in [4.78, 5) is 39.2. The van der Waals surface area contributed by atoms with E-state index >= 15 is 0 Å². The molecule has 0 aliphatic carbocycles. The van der Waals surface area contributed by atoms with Gasteiger partial charge in [-0.25, -0.2) is 0 Å². The van der Waals surface area contributed by atoms with E-state index in [0.717, 1.165) is 76.2 Å². The molecule has 11 heteroatoms. The van der Waals surface area contributed by atoms with Crippen LogP contribution >= 0.6 is 0 Å². The SMILES string of the molecule is C/C=C/C(=O)C[C@@H]1CC[C@H](C)[C@H](CC(=O)NC[C@H](O[Si](C)(C)C(C)(C)C)[C@@H](C)C(=O)NCCC[C@H]2O[C@@]3(CCC[C@@H](CC[C@H](C)/C=C(\C)[C@H](C)O)O3)CC[C@@H]2C)O1. The van der Waals surface area contributed by atoms with Gasteiger partial charge in [0.2, 0.25) is 11.8 Å². The predicted molar refractivity (Wildman–Crippen MR) is 231 cm³/mol. The van der Waals surface area contributed by atoms with Crippen molar-refractivity contribution in [2.24, 2.45) is 23.7 Å². The van der Waals surface area contributed by atoms with Crippen LogP contribution < -0.4 is 10.6 Å². The highest BCUT2D eigenvalue weighted by Crippen LogP contribution is 2.43. The third-order valence-electron chi connectivity index (χ3n) is 13.4. The summed E-state index contributed by atoms with van der Waals surface area (Å²) >= 11 is 0. The van der Waals surface area contributed by atoms with Gasteiger partial charge in [0.05, 0.1) is 49.0 Å². The Hall–Kier alpha value is -1.89. The number of nitrogens with one attached hydrogen (secondary N) is 2. The van der Waals surface area contributed by atoms with Crippen molar-refractivity contribution in [3.63, 3.8) is 0 Å². The van der Waals surface area contributed by atoms with Crippen LogP contribution in [-0.2, 0) is 33.0 Å². The second kappa shape index (κ2) is 22.6. The largest absolute Gasteiger partial charge is 0.411 e. The standard InChI is InChI=1S/C46H82N2O8Si/c1-13-16-37(50)28-39-22-20-32(3)41(53-39)29-43(51)48-30-42(56-57(11,12)45(8,9)10)35(6)44(52)47-26-15-18-40-33(4)23-25-46(55-40)24-14-17-38(54-46)21-19-31(2)27-34(5)36(7)49/h13,16,27,31-33,35-36,38-42,49H,14-15,17-26,28-30H2,1-12H3,(H,47,52)(H,48,51)/b16-13+,34-27+/t31-,32-,33-,35+,36-,38-,39-,40+,41-,42-,46-/m0/s1. The van der Waals surface area contributed by atoms with Crippen LogP contribution in [0.1, 0.15) is 153 Å². The van der Waals surface area contributed by atoms with Crippen molar-refractivity contribution in [3.8, 4) is 0 Å². The molecule has 0 aromatic carbocycles. The molecule has 0 aromatic heterocycles. The van der Waals surface area contributed by atoms with Gasteiger partial charge in [0, 0.05) is 32.4 Å². The first-order chi connectivity index (χ1) is 26.6. The zero-order chi connectivity index (χ0) is 42.6. The summed E-state index contributed by atoms with van der Waals surface area (Å²) < 4.78 is 26.6. The van der Waals surface area contributed by atoms with E-state index in [-0.39, 0.29) is 65.9 Å². The Labute approximate surface area is 347 Å². The fourth-order valence-electron chi connectivity index (χ4n) is 8.19. The lowest BCUT2D eigenvalue weighted by Crippen LogP contribution is -2.52. The third kappa shape index (κ3) is 15.9. The third-order valence-corrected chi connectivity index (χ3v) is 17.9. The molecule has 3 aliphatic rings. The zero-order valence-electron chi connectivity index (χ0n) is 37.9. The lowest BCUT2D eigenvalue weighted by atomic mass is 9.85. The number of hydrogen-bond acceptors (Lipinski definition) is 8. The van der Waals surface area contributed by atoms with Gasteiger partial charge in [-0.2, -0.15) is 0 Å². The van der Waals surface area contributed by atoms with Gasteiger partial charge in [0.1, 0.15) is 0 Å². The molecule has 328 valence electrons. The quantitative estimate of drug-likeness (QED) is 0.0481. The molecule has 10 nitrogen and oxygen atoms in total. The Morgan fingerprint density at radius 2 is 1.63 bits per heavy atom. The van der Waals surface area contributed by atoms with Gasteiger partial charge in [-0.05, 0) is 126 Å². The zero-order valence-corrected chi connectivity index (χ0v) is 38.9. The van der Waals surface area contributed by atoms with E-state index < -0.39 is 32.2 Å². The molecule has 3 rings (SSSR count). The number of carbonyl (C=O) groups is 3. The van der Waals surface area contributed by atoms with E-state index in [0.29, 0.717) is 24.8 Å². The highest BCUT2D eigenvalue weighted by molar-refractivity contribution is 6.74. The molecule has 0 unspecified atom stereocenters. The van der Waals surface area contributed by atoms with Crippen LogP contribution in [0.4, 0.5) is 0 Å². The van der Waals surface area contributed by atoms with Crippen LogP contribution in [0.5, 0.6) is 0 Å². The van der Waals surface area contributed by atoms with E-state index in [2.05, 4.69) is 71.3 Å². The summed E-state index contributed by atoms with van der Waals surface area (Å²) in [5.74, 6) is -0.138. The summed E-state index contributed by atoms with van der Waals surface area (Å²) in [7, 11) is -2.28. The van der Waals surface area contributed by atoms with Crippen LogP contribution in [0.15, 0.2) is 23.8 Å². The van der Waals surface area contributed by atoms with Gasteiger partial charge in [-0.15, -0.1) is 0 Å². The Kier molecular flexibility index (Phi) is 19.6. The van der Waals surface area contributed by atoms with Crippen molar-refractivity contribution in [1.82, 2.24) is 10.6 Å². The number of ether oxygens (including phenoxy) is 3. The van der Waals surface area contributed by atoms with E-state index in [1.807, 2.05) is 27.7 Å². The molecule has 2 amide bonds. The monoisotopic (exact) mass is 819 g/mol. The van der Waals surface area contributed by atoms with E-state index in [9.17, 15) is 19.5 Å². The van der Waals surface area contributed by atoms with Gasteiger partial charge in [0.15, 0.2) is 19.9 Å². The van der Waals surface area contributed by atoms with Crippen molar-refractivity contribution < 1.29 is 38.1 Å². The van der Waals surface area contributed by atoms with Crippen molar-refractivity contribution >= 4 is 25.9 Å². The number of carbonyl (C=O) groups excluding carboxylic acids is 3. The van der Waals surface area contributed by atoms with Crippen molar-refractivity contribution in [2.75, 3.05) is 13.1 Å². The smallest absolute Gasteiger partial charge is 0.225 e. The first-order valence-corrected chi connectivity index (χ1v) is 25.3. The number of aliphatic hydroxyl groups excluding tert-OH is 1. The van der Waals surface area contributed by atoms with Gasteiger partial charge >= 0.3 is 0 Å². The number of hydrogen-bond donors (Lipinski definition) is 3. The molecule has 3 fully saturated rings. The fraction of sp³-hybridized carbons (Fsp3) is 0.848. The molecule has 0 saturated carbocycles. The summed E-state index contributed by atoms with van der Waals surface area (Å²) in [6.07, 6.45) is 15.4. The minimum Gasteiger partial charge on any atom is -0.411 e. The summed E-state index contributed by atoms with van der Waals surface area (Å²) in [5, 5.41) is 16.1. The van der Waals surface area contributed by atoms with Crippen LogP contribution in [0.3, 0.4) is 0 Å². The Morgan fingerprint density at radius 3 is 2.30 bits per heavy atom. The van der Waals surface area contributed by atoms with Crippen LogP contribution in [0.2, 0.25) is 18.1 Å². The number of amides is 2. The highest BCUT2D eigenvalue weighted by Gasteiger charge is 2.45. The van der Waals surface area contributed by atoms with Gasteiger partial charge in [0.25, 0.3) is 0 Å². The van der Waals surface area contributed by atoms with Gasteiger partial charge < -0.3 is 34.4 Å². The first kappa shape index (κ1) is 49.5. The van der Waals surface area contributed by atoms with Crippen LogP contribution in [0, 0.1) is 23.7 Å². The minimum atomic E-state index is -2.28. The highest BCUT2D eigenvalue weighted by atomic mass is 28.4. The van der Waals surface area contributed by atoms with Crippen LogP contribution in [0.25, 0.3) is 0 Å². The maximum absolute atomic E-state index is 13.7. The molecule has 11 atom stereocenters. The van der Waals surface area contributed by atoms with E-state index in [4.69, 9.17) is 18.6 Å². The Balaban J connectivity index is 1.53. The maximum Gasteiger partial charge on any atom is 0.225 e. The average Bonchev–Trinajstić information content (AvgIpc) is 3.13. The molecular weight excluding hydrogens is 737 g/mol. The van der Waals surface area contributed by atoms with Crippen molar-refractivity contribution in [2.45, 2.75) is 213 Å². The molecule has 0 bridgehead atoms. The topological polar surface area (TPSA) is 132 Å². The molecule has 1 spiro atoms. The van der Waals surface area contributed by atoms with Crippen molar-refractivity contribution in [1.29, 1.82) is 0 Å². The van der Waals surface area contributed by atoms with E-state index in [1.165, 1.54) is 0 Å². The number of aliphatic hydroxyl groups is 1. The second-order valence-electron chi connectivity index (χ2n) is 19.5. The number of rotatable bonds is 20. The second-order valence-corrected chi connectivity index (χ2v) is 24.3. The molecule has 57 heavy (non-hydrogen) atoms. The van der Waals surface area contributed by atoms with Crippen molar-refractivity contribution in [3.05, 3.63) is 23.8 Å². The Bertz CT molecular complexity index is 1340. The summed E-state index contributed by atoms with van der Waals surface area (Å²) in [6, 6.07) is 0. The lowest BCUT2D eigenvalue weighted by molar-refractivity contribution is -0.324. The molecule has 3 N–H and O–H groups in total. The summed E-state index contributed by atoms with van der Waals surface area (Å²) in [6.45, 7) is 25.8. The molecule has 0 radical (unpaired) electrons. The average molecular weight is 819 g/mol. The first-order valence-electron chi connectivity index (χ1n) is 22.4. The predicted octanol–water partition coefficient (Wildman–Crippen LogP) is 8.96. The number of allylic oxidation sites excluding steroid dienone is 3. The lowest BCUT2D eigenvalue weighted by Gasteiger charge is -2.48. The maximum atomic E-state index is 13.7. The molecule has 3 heterocycles. The number of ketones is 1. The minimum absolute atomic E-state index is 0.0432. The van der Waals surface area contributed by atoms with E-state index in [1.54, 1.807) is 12.2 Å². The Morgan fingerprint density at radius 1 is 0.930 bits per heavy atom. The van der Waals surface area contributed by atoms with Crippen LogP contribution in [-0.4, -0.2) is 86.5 Å². The van der Waals surface area contributed by atoms with Gasteiger partial charge in [-0.1, -0.05) is 60.6 Å². The molecule has 3 aliphatic heterocycles. The molecular formula is C46H82N2O8Si. The van der Waals surface area contributed by atoms with Gasteiger partial charge in [-0.3, -0.25) is 14.4 Å². The molecule has 3 saturated heterocycles. The fourth-order valence-corrected chi connectivity index (χ4v) is 9.59. The summed E-state index contributed by atoms with van der Waals surface area (Å²) in [5.41, 5.74) is 1.02. The molecule has 0 aromatic rings. The normalized spacial score (nSPS) is 29.8.